The first-order valence-corrected chi connectivity index (χ1v) is 6.29. The number of hydrogen-bond acceptors (Lipinski definition) is 3. The zero-order valence-electron chi connectivity index (χ0n) is 8.33. The molecule has 1 N–H and O–H groups in total. The van der Waals surface area contributed by atoms with Crippen LogP contribution in [-0.4, -0.2) is 42.7 Å². The van der Waals surface area contributed by atoms with Gasteiger partial charge in [-0.05, 0) is 19.6 Å². The van der Waals surface area contributed by atoms with Crippen LogP contribution in [0, 0.1) is 0 Å². The maximum atomic E-state index is 9.42. The van der Waals surface area contributed by atoms with Gasteiger partial charge in [0.2, 0.25) is 0 Å². The van der Waals surface area contributed by atoms with Crippen molar-refractivity contribution in [3.05, 3.63) is 0 Å². The summed E-state index contributed by atoms with van der Waals surface area (Å²) in [6, 6.07) is 0. The van der Waals surface area contributed by atoms with Gasteiger partial charge in [-0.25, -0.2) is 0 Å². The van der Waals surface area contributed by atoms with Crippen LogP contribution in [0.15, 0.2) is 0 Å². The smallest absolute Gasteiger partial charge is 0.279 e. The minimum absolute atomic E-state index is 0.729. The zero-order valence-corrected chi connectivity index (χ0v) is 9.90. The summed E-state index contributed by atoms with van der Waals surface area (Å²) >= 11 is 4.64. The van der Waals surface area contributed by atoms with E-state index in [4.69, 9.17) is 4.55 Å². The highest BCUT2D eigenvalue weighted by Crippen LogP contribution is 1.82. The second kappa shape index (κ2) is 8.74. The fraction of sp³-hybridized carbons (Fsp3) is 1.00. The van der Waals surface area contributed by atoms with Crippen molar-refractivity contribution in [2.75, 3.05) is 24.8 Å². The number of rotatable bonds is 4. The molecule has 0 bridgehead atoms. The number of alkyl halides is 1. The molecular formula is C7H18ClNO3S. The van der Waals surface area contributed by atoms with Gasteiger partial charge in [0.15, 0.2) is 0 Å². The third-order valence-corrected chi connectivity index (χ3v) is 2.58. The number of nitrogens with zero attached hydrogens (tertiary/aromatic N) is 1. The van der Waals surface area contributed by atoms with Crippen LogP contribution in [0.25, 0.3) is 0 Å². The molecule has 82 valence electrons. The van der Waals surface area contributed by atoms with Crippen molar-refractivity contribution >= 4 is 21.7 Å². The van der Waals surface area contributed by atoms with Crippen molar-refractivity contribution < 1.29 is 13.0 Å². The predicted molar refractivity (Wildman–Crippen MR) is 55.7 cm³/mol. The van der Waals surface area contributed by atoms with E-state index in [1.807, 2.05) is 0 Å². The van der Waals surface area contributed by atoms with Crippen LogP contribution in [-0.2, 0) is 10.1 Å². The molecular weight excluding hydrogens is 214 g/mol. The number of hydrogen-bond donors (Lipinski definition) is 1. The highest BCUT2D eigenvalue weighted by atomic mass is 35.5. The Labute approximate surface area is 85.6 Å². The van der Waals surface area contributed by atoms with Crippen molar-refractivity contribution in [2.24, 2.45) is 0 Å². The van der Waals surface area contributed by atoms with Gasteiger partial charge in [0.05, 0.1) is 0 Å². The van der Waals surface area contributed by atoms with Gasteiger partial charge in [0.25, 0.3) is 10.1 Å². The molecule has 0 aliphatic heterocycles. The van der Waals surface area contributed by atoms with Gasteiger partial charge in [0, 0.05) is 0 Å². The average molecular weight is 232 g/mol. The van der Waals surface area contributed by atoms with Crippen molar-refractivity contribution in [3.63, 3.8) is 0 Å². The summed E-state index contributed by atoms with van der Waals surface area (Å²) in [6.45, 7) is 10.1. The van der Waals surface area contributed by atoms with Crippen molar-refractivity contribution in [2.45, 2.75) is 20.8 Å². The van der Waals surface area contributed by atoms with E-state index in [0.717, 1.165) is 0 Å². The molecule has 0 unspecified atom stereocenters. The van der Waals surface area contributed by atoms with E-state index in [0.29, 0.717) is 0 Å². The molecule has 0 heterocycles. The molecule has 0 aromatic carbocycles. The second-order valence-corrected chi connectivity index (χ2v) is 4.35. The quantitative estimate of drug-likeness (QED) is 0.587. The Morgan fingerprint density at radius 1 is 1.15 bits per heavy atom. The zero-order chi connectivity index (χ0) is 10.9. The number of halogens is 1. The molecule has 0 amide bonds. The maximum Gasteiger partial charge on any atom is 0.279 e. The Morgan fingerprint density at radius 2 is 1.38 bits per heavy atom. The van der Waals surface area contributed by atoms with E-state index in [2.05, 4.69) is 37.3 Å². The van der Waals surface area contributed by atoms with Gasteiger partial charge in [0.1, 0.15) is 5.21 Å². The van der Waals surface area contributed by atoms with Crippen LogP contribution in [0.3, 0.4) is 0 Å². The molecule has 0 radical (unpaired) electrons. The summed E-state index contributed by atoms with van der Waals surface area (Å²) in [7, 11) is -3.90. The topological polar surface area (TPSA) is 57.6 Å². The fourth-order valence-corrected chi connectivity index (χ4v) is 0.671. The molecule has 0 fully saturated rings. The van der Waals surface area contributed by atoms with Crippen molar-refractivity contribution in [1.82, 2.24) is 4.90 Å². The largest absolute Gasteiger partial charge is 0.304 e. The van der Waals surface area contributed by atoms with E-state index in [1.54, 1.807) is 0 Å². The molecule has 0 aromatic rings. The Bertz CT molecular complexity index is 184. The SMILES string of the molecule is CCN(CC)CC.O=S(=O)(O)CCl. The molecule has 0 saturated carbocycles. The van der Waals surface area contributed by atoms with Crippen LogP contribution < -0.4 is 0 Å². The van der Waals surface area contributed by atoms with Gasteiger partial charge < -0.3 is 4.90 Å². The molecule has 0 atom stereocenters. The standard InChI is InChI=1S/C6H15N.CH3ClO3S/c1-4-7(5-2)6-3;2-1-6(3,4)5/h4-6H2,1-3H3;1H2,(H,3,4,5). The van der Waals surface area contributed by atoms with Gasteiger partial charge in [-0.2, -0.15) is 8.42 Å². The second-order valence-electron chi connectivity index (χ2n) is 2.31. The Morgan fingerprint density at radius 3 is 1.38 bits per heavy atom. The van der Waals surface area contributed by atoms with Crippen molar-refractivity contribution in [3.8, 4) is 0 Å². The van der Waals surface area contributed by atoms with Crippen LogP contribution in [0.4, 0.5) is 0 Å². The molecule has 0 spiro atoms. The minimum Gasteiger partial charge on any atom is -0.304 e. The third kappa shape index (κ3) is 15.0. The summed E-state index contributed by atoms with van der Waals surface area (Å²) < 4.78 is 26.5. The highest BCUT2D eigenvalue weighted by Gasteiger charge is 1.95. The molecule has 4 nitrogen and oxygen atoms in total. The normalized spacial score (nSPS) is 10.9. The van der Waals surface area contributed by atoms with E-state index >= 15 is 0 Å². The lowest BCUT2D eigenvalue weighted by Gasteiger charge is -2.13. The minimum atomic E-state index is -3.90. The molecule has 0 saturated heterocycles. The van der Waals surface area contributed by atoms with Crippen molar-refractivity contribution in [1.29, 1.82) is 0 Å². The van der Waals surface area contributed by atoms with Crippen LogP contribution in [0.1, 0.15) is 20.8 Å². The maximum absolute atomic E-state index is 9.42. The Kier molecular flexibility index (Phi) is 10.5. The summed E-state index contributed by atoms with van der Waals surface area (Å²) in [5, 5.41) is -0.729. The highest BCUT2D eigenvalue weighted by molar-refractivity contribution is 7.87. The lowest BCUT2D eigenvalue weighted by Crippen LogP contribution is -2.21. The monoisotopic (exact) mass is 231 g/mol. The van der Waals surface area contributed by atoms with Gasteiger partial charge in [-0.3, -0.25) is 4.55 Å². The average Bonchev–Trinajstić information content (AvgIpc) is 2.07. The molecule has 0 aliphatic rings. The fourth-order valence-electron chi connectivity index (χ4n) is 0.671. The Hall–Kier alpha value is 0.160. The molecule has 6 heteroatoms. The van der Waals surface area contributed by atoms with E-state index < -0.39 is 15.3 Å². The van der Waals surface area contributed by atoms with Gasteiger partial charge in [-0.15, -0.1) is 11.6 Å². The first-order valence-electron chi connectivity index (χ1n) is 4.14. The predicted octanol–water partition coefficient (Wildman–Crippen LogP) is 1.42. The van der Waals surface area contributed by atoms with E-state index in [1.165, 1.54) is 19.6 Å². The van der Waals surface area contributed by atoms with Gasteiger partial charge >= 0.3 is 0 Å². The van der Waals surface area contributed by atoms with Crippen LogP contribution in [0.2, 0.25) is 0 Å². The lowest BCUT2D eigenvalue weighted by atomic mass is 10.5. The van der Waals surface area contributed by atoms with Gasteiger partial charge in [-0.1, -0.05) is 20.8 Å². The lowest BCUT2D eigenvalue weighted by molar-refractivity contribution is 0.321. The first kappa shape index (κ1) is 15.6. The summed E-state index contributed by atoms with van der Waals surface area (Å²) in [6.07, 6.45) is 0. The third-order valence-electron chi connectivity index (χ3n) is 1.48. The first-order chi connectivity index (χ1) is 5.91. The Balaban J connectivity index is 0. The summed E-state index contributed by atoms with van der Waals surface area (Å²) in [5.74, 6) is 0. The van der Waals surface area contributed by atoms with E-state index in [-0.39, 0.29) is 0 Å². The molecule has 0 aliphatic carbocycles. The molecule has 13 heavy (non-hydrogen) atoms. The van der Waals surface area contributed by atoms with Crippen LogP contribution in [0.5, 0.6) is 0 Å². The molecule has 0 rings (SSSR count). The van der Waals surface area contributed by atoms with Crippen LogP contribution >= 0.6 is 11.6 Å². The summed E-state index contributed by atoms with van der Waals surface area (Å²) in [4.78, 5) is 2.38. The molecule has 0 aromatic heterocycles. The summed E-state index contributed by atoms with van der Waals surface area (Å²) in [5.41, 5.74) is 0. The van der Waals surface area contributed by atoms with E-state index in [9.17, 15) is 8.42 Å².